The van der Waals surface area contributed by atoms with E-state index in [-0.39, 0.29) is 17.5 Å². The van der Waals surface area contributed by atoms with Crippen molar-refractivity contribution in [3.8, 4) is 0 Å². The van der Waals surface area contributed by atoms with Crippen molar-refractivity contribution in [3.05, 3.63) is 0 Å². The van der Waals surface area contributed by atoms with Crippen LogP contribution in [0.2, 0.25) is 0 Å². The number of piperidine rings is 1. The van der Waals surface area contributed by atoms with E-state index in [1.54, 1.807) is 0 Å². The molecule has 1 N–H and O–H groups in total. The fraction of sp³-hybridized carbons (Fsp3) is 1.00. The fourth-order valence-electron chi connectivity index (χ4n) is 2.43. The largest absolute Gasteiger partial charge is 0.441 e. The first kappa shape index (κ1) is 14.5. The molecule has 0 aromatic rings. The standard InChI is InChI=1S/C12H21F3N2S/c13-12(14,15)18-7-6-17-5-1-2-10(9-17)8-16-11-3-4-11/h10-11,16H,1-9H2. The Morgan fingerprint density at radius 3 is 2.67 bits per heavy atom. The second-order valence-corrected chi connectivity index (χ2v) is 6.45. The monoisotopic (exact) mass is 282 g/mol. The maximum Gasteiger partial charge on any atom is 0.441 e. The van der Waals surface area contributed by atoms with E-state index in [2.05, 4.69) is 10.2 Å². The summed E-state index contributed by atoms with van der Waals surface area (Å²) < 4.78 is 36.1. The normalized spacial score (nSPS) is 26.5. The van der Waals surface area contributed by atoms with Gasteiger partial charge in [-0.25, -0.2) is 0 Å². The molecule has 0 radical (unpaired) electrons. The van der Waals surface area contributed by atoms with E-state index in [1.165, 1.54) is 19.3 Å². The van der Waals surface area contributed by atoms with Gasteiger partial charge in [-0.3, -0.25) is 0 Å². The van der Waals surface area contributed by atoms with Gasteiger partial charge in [0.2, 0.25) is 0 Å². The van der Waals surface area contributed by atoms with E-state index < -0.39 is 5.51 Å². The molecule has 0 bridgehead atoms. The summed E-state index contributed by atoms with van der Waals surface area (Å²) in [5.74, 6) is 0.780. The lowest BCUT2D eigenvalue weighted by molar-refractivity contribution is -0.0329. The van der Waals surface area contributed by atoms with Crippen molar-refractivity contribution >= 4 is 11.8 Å². The van der Waals surface area contributed by atoms with Crippen LogP contribution in [-0.2, 0) is 0 Å². The molecule has 0 aromatic heterocycles. The third-order valence-corrected chi connectivity index (χ3v) is 4.26. The van der Waals surface area contributed by atoms with Crippen molar-refractivity contribution in [2.45, 2.75) is 37.2 Å². The molecule has 106 valence electrons. The second kappa shape index (κ2) is 6.48. The van der Waals surface area contributed by atoms with Crippen LogP contribution in [0.3, 0.4) is 0 Å². The van der Waals surface area contributed by atoms with Crippen molar-refractivity contribution in [1.82, 2.24) is 10.2 Å². The summed E-state index contributed by atoms with van der Waals surface area (Å²) in [5, 5.41) is 3.52. The van der Waals surface area contributed by atoms with E-state index in [9.17, 15) is 13.2 Å². The first-order valence-electron chi connectivity index (χ1n) is 6.69. The van der Waals surface area contributed by atoms with E-state index >= 15 is 0 Å². The number of thioether (sulfide) groups is 1. The first-order valence-corrected chi connectivity index (χ1v) is 7.68. The van der Waals surface area contributed by atoms with Gasteiger partial charge < -0.3 is 10.2 Å². The number of nitrogens with zero attached hydrogens (tertiary/aromatic N) is 1. The van der Waals surface area contributed by atoms with Gasteiger partial charge in [0.05, 0.1) is 0 Å². The maximum atomic E-state index is 12.0. The molecule has 0 aromatic carbocycles. The van der Waals surface area contributed by atoms with E-state index in [4.69, 9.17) is 0 Å². The first-order chi connectivity index (χ1) is 8.53. The third kappa shape index (κ3) is 5.80. The van der Waals surface area contributed by atoms with Crippen LogP contribution in [0.5, 0.6) is 0 Å². The lowest BCUT2D eigenvalue weighted by Crippen LogP contribution is -2.41. The number of hydrogen-bond donors (Lipinski definition) is 1. The summed E-state index contributed by atoms with van der Waals surface area (Å²) in [7, 11) is 0. The molecular weight excluding hydrogens is 261 g/mol. The zero-order valence-corrected chi connectivity index (χ0v) is 11.3. The van der Waals surface area contributed by atoms with Gasteiger partial charge in [-0.05, 0) is 56.5 Å². The SMILES string of the molecule is FC(F)(F)SCCN1CCCC(CNC2CC2)C1. The summed E-state index contributed by atoms with van der Waals surface area (Å²) >= 11 is 0.0994. The highest BCUT2D eigenvalue weighted by Crippen LogP contribution is 2.30. The Bertz CT molecular complexity index is 256. The number of rotatable bonds is 6. The Morgan fingerprint density at radius 2 is 2.00 bits per heavy atom. The van der Waals surface area contributed by atoms with Gasteiger partial charge in [0, 0.05) is 24.9 Å². The minimum Gasteiger partial charge on any atom is -0.314 e. The lowest BCUT2D eigenvalue weighted by Gasteiger charge is -2.32. The van der Waals surface area contributed by atoms with Crippen LogP contribution in [0.1, 0.15) is 25.7 Å². The van der Waals surface area contributed by atoms with Gasteiger partial charge in [0.15, 0.2) is 0 Å². The Balaban J connectivity index is 1.59. The molecule has 1 saturated heterocycles. The van der Waals surface area contributed by atoms with E-state index in [0.717, 1.165) is 32.1 Å². The molecule has 6 heteroatoms. The van der Waals surface area contributed by atoms with Gasteiger partial charge >= 0.3 is 5.51 Å². The number of nitrogens with one attached hydrogen (secondary N) is 1. The molecule has 2 nitrogen and oxygen atoms in total. The highest BCUT2D eigenvalue weighted by atomic mass is 32.2. The summed E-state index contributed by atoms with van der Waals surface area (Å²) in [5.41, 5.74) is -4.08. The zero-order chi connectivity index (χ0) is 13.0. The summed E-state index contributed by atoms with van der Waals surface area (Å²) in [4.78, 5) is 2.18. The molecule has 2 aliphatic rings. The average Bonchev–Trinajstić information content (AvgIpc) is 3.09. The number of likely N-dealkylation sites (tertiary alicyclic amines) is 1. The fourth-order valence-corrected chi connectivity index (χ4v) is 3.01. The minimum absolute atomic E-state index is 0.0994. The molecular formula is C12H21F3N2S. The van der Waals surface area contributed by atoms with Crippen LogP contribution in [0.25, 0.3) is 0 Å². The van der Waals surface area contributed by atoms with Gasteiger partial charge in [0.1, 0.15) is 0 Å². The highest BCUT2D eigenvalue weighted by molar-refractivity contribution is 8.00. The van der Waals surface area contributed by atoms with Crippen molar-refractivity contribution in [1.29, 1.82) is 0 Å². The zero-order valence-electron chi connectivity index (χ0n) is 10.5. The quantitative estimate of drug-likeness (QED) is 0.806. The third-order valence-electron chi connectivity index (χ3n) is 3.55. The molecule has 1 aliphatic heterocycles. The van der Waals surface area contributed by atoms with Crippen LogP contribution in [-0.4, -0.2) is 48.4 Å². The maximum absolute atomic E-state index is 12.0. The molecule has 2 fully saturated rings. The van der Waals surface area contributed by atoms with E-state index in [1.807, 2.05) is 0 Å². The highest BCUT2D eigenvalue weighted by Gasteiger charge is 2.29. The molecule has 1 saturated carbocycles. The molecule has 1 unspecified atom stereocenters. The topological polar surface area (TPSA) is 15.3 Å². The van der Waals surface area contributed by atoms with Gasteiger partial charge in [-0.2, -0.15) is 13.2 Å². The van der Waals surface area contributed by atoms with Crippen molar-refractivity contribution < 1.29 is 13.2 Å². The Morgan fingerprint density at radius 1 is 1.22 bits per heavy atom. The molecule has 2 rings (SSSR count). The van der Waals surface area contributed by atoms with Crippen LogP contribution in [0.15, 0.2) is 0 Å². The van der Waals surface area contributed by atoms with Crippen molar-refractivity contribution in [2.24, 2.45) is 5.92 Å². The van der Waals surface area contributed by atoms with E-state index in [0.29, 0.717) is 12.5 Å². The predicted octanol–water partition coefficient (Wildman–Crippen LogP) is 2.70. The molecule has 18 heavy (non-hydrogen) atoms. The predicted molar refractivity (Wildman–Crippen MR) is 68.7 cm³/mol. The summed E-state index contributed by atoms with van der Waals surface area (Å²) in [6.45, 7) is 3.51. The van der Waals surface area contributed by atoms with Gasteiger partial charge in [0.25, 0.3) is 0 Å². The number of alkyl halides is 3. The number of hydrogen-bond acceptors (Lipinski definition) is 3. The lowest BCUT2D eigenvalue weighted by atomic mass is 9.98. The molecule has 0 amide bonds. The van der Waals surface area contributed by atoms with Crippen LogP contribution >= 0.6 is 11.8 Å². The average molecular weight is 282 g/mol. The van der Waals surface area contributed by atoms with Crippen LogP contribution in [0.4, 0.5) is 13.2 Å². The van der Waals surface area contributed by atoms with Crippen molar-refractivity contribution in [3.63, 3.8) is 0 Å². The smallest absolute Gasteiger partial charge is 0.314 e. The molecule has 1 aliphatic carbocycles. The van der Waals surface area contributed by atoms with Crippen LogP contribution in [0, 0.1) is 5.92 Å². The van der Waals surface area contributed by atoms with Crippen molar-refractivity contribution in [2.75, 3.05) is 31.9 Å². The van der Waals surface area contributed by atoms with Crippen LogP contribution < -0.4 is 5.32 Å². The second-order valence-electron chi connectivity index (χ2n) is 5.29. The van der Waals surface area contributed by atoms with Gasteiger partial charge in [-0.1, -0.05) is 0 Å². The Labute approximate surface area is 111 Å². The van der Waals surface area contributed by atoms with Gasteiger partial charge in [-0.15, -0.1) is 0 Å². The number of halogens is 3. The minimum atomic E-state index is -4.08. The summed E-state index contributed by atoms with van der Waals surface area (Å²) in [6, 6.07) is 0.723. The Kier molecular flexibility index (Phi) is 5.21. The molecule has 0 spiro atoms. The summed E-state index contributed by atoms with van der Waals surface area (Å²) in [6.07, 6.45) is 4.91. The molecule has 1 atom stereocenters. The Hall–Kier alpha value is 0.0600. The molecule has 1 heterocycles.